The molecule has 2 aromatic carbocycles. The van der Waals surface area contributed by atoms with Crippen molar-refractivity contribution in [1.82, 2.24) is 15.2 Å². The van der Waals surface area contributed by atoms with Gasteiger partial charge in [0.25, 0.3) is 5.91 Å². The van der Waals surface area contributed by atoms with Gasteiger partial charge in [0.05, 0.1) is 32.6 Å². The highest BCUT2D eigenvalue weighted by Gasteiger charge is 2.36. The Morgan fingerprint density at radius 3 is 2.63 bits per heavy atom. The number of hydrazone groups is 1. The number of urea groups is 1. The fourth-order valence-corrected chi connectivity index (χ4v) is 3.93. The molecule has 1 aliphatic rings. The molecule has 0 saturated heterocycles. The van der Waals surface area contributed by atoms with E-state index < -0.39 is 0 Å². The third kappa shape index (κ3) is 6.51. The molecule has 1 unspecified atom stereocenters. The monoisotopic (exact) mass is 482 g/mol. The number of para-hydroxylation sites is 1. The Kier molecular flexibility index (Phi) is 9.48. The summed E-state index contributed by atoms with van der Waals surface area (Å²) < 4.78 is 16.1. The van der Waals surface area contributed by atoms with E-state index in [1.165, 1.54) is 9.91 Å². The van der Waals surface area contributed by atoms with Crippen molar-refractivity contribution < 1.29 is 23.8 Å². The van der Waals surface area contributed by atoms with E-state index in [9.17, 15) is 9.59 Å². The largest absolute Gasteiger partial charge is 0.497 e. The molecular weight excluding hydrogens is 448 g/mol. The quantitative estimate of drug-likeness (QED) is 0.530. The van der Waals surface area contributed by atoms with Gasteiger partial charge in [-0.1, -0.05) is 37.3 Å². The lowest BCUT2D eigenvalue weighted by Gasteiger charge is -2.27. The predicted octanol–water partition coefficient (Wildman–Crippen LogP) is 3.45. The van der Waals surface area contributed by atoms with Crippen LogP contribution in [0.3, 0.4) is 0 Å². The highest BCUT2D eigenvalue weighted by Crippen LogP contribution is 2.37. The summed E-state index contributed by atoms with van der Waals surface area (Å²) in [4.78, 5) is 27.7. The standard InChI is InChI=1S/C26H34N4O5/c1-5-13-27-26(32)29(14-15-33-2)18-25(31)30-23(21-11-6-7-12-24(21)35-4)17-22(28-30)19-9-8-10-20(16-19)34-3/h6-12,16,23H,5,13-15,17-18H2,1-4H3,(H,27,32). The summed E-state index contributed by atoms with van der Waals surface area (Å²) in [6.45, 7) is 2.99. The Balaban J connectivity index is 1.92. The number of hydrogen-bond acceptors (Lipinski definition) is 6. The second-order valence-electron chi connectivity index (χ2n) is 8.13. The molecule has 2 aromatic rings. The normalized spacial score (nSPS) is 14.9. The van der Waals surface area contributed by atoms with Gasteiger partial charge in [-0.3, -0.25) is 4.79 Å². The first-order valence-electron chi connectivity index (χ1n) is 11.7. The van der Waals surface area contributed by atoms with Gasteiger partial charge < -0.3 is 24.4 Å². The fraction of sp³-hybridized carbons (Fsp3) is 0.423. The van der Waals surface area contributed by atoms with Crippen LogP contribution in [0.15, 0.2) is 53.6 Å². The molecule has 9 nitrogen and oxygen atoms in total. The first-order valence-corrected chi connectivity index (χ1v) is 11.7. The lowest BCUT2D eigenvalue weighted by atomic mass is 9.97. The highest BCUT2D eigenvalue weighted by molar-refractivity contribution is 6.03. The number of carbonyl (C=O) groups excluding carboxylic acids is 2. The van der Waals surface area contributed by atoms with Crippen molar-refractivity contribution >= 4 is 17.6 Å². The van der Waals surface area contributed by atoms with Gasteiger partial charge in [0, 0.05) is 37.7 Å². The minimum absolute atomic E-state index is 0.126. The first kappa shape index (κ1) is 26.0. The van der Waals surface area contributed by atoms with Crippen LogP contribution in [0, 0.1) is 0 Å². The van der Waals surface area contributed by atoms with Crippen molar-refractivity contribution in [1.29, 1.82) is 0 Å². The van der Waals surface area contributed by atoms with Crippen molar-refractivity contribution in [3.8, 4) is 11.5 Å². The molecule has 0 saturated carbocycles. The van der Waals surface area contributed by atoms with Gasteiger partial charge in [0.2, 0.25) is 0 Å². The number of nitrogens with zero attached hydrogens (tertiary/aromatic N) is 3. The number of hydrogen-bond donors (Lipinski definition) is 1. The molecule has 1 heterocycles. The minimum Gasteiger partial charge on any atom is -0.497 e. The van der Waals surface area contributed by atoms with Crippen molar-refractivity contribution in [3.63, 3.8) is 0 Å². The van der Waals surface area contributed by atoms with E-state index in [1.807, 2.05) is 55.5 Å². The Morgan fingerprint density at radius 2 is 1.91 bits per heavy atom. The van der Waals surface area contributed by atoms with Gasteiger partial charge in [-0.25, -0.2) is 9.80 Å². The molecule has 0 radical (unpaired) electrons. The van der Waals surface area contributed by atoms with Crippen molar-refractivity contribution in [2.24, 2.45) is 5.10 Å². The van der Waals surface area contributed by atoms with Crippen LogP contribution in [0.1, 0.15) is 36.9 Å². The number of methoxy groups -OCH3 is 3. The van der Waals surface area contributed by atoms with Crippen LogP contribution in [0.25, 0.3) is 0 Å². The van der Waals surface area contributed by atoms with Crippen LogP contribution in [-0.2, 0) is 9.53 Å². The summed E-state index contributed by atoms with van der Waals surface area (Å²) in [5.41, 5.74) is 2.48. The summed E-state index contributed by atoms with van der Waals surface area (Å²) in [6, 6.07) is 14.5. The lowest BCUT2D eigenvalue weighted by molar-refractivity contribution is -0.133. The van der Waals surface area contributed by atoms with Gasteiger partial charge in [-0.2, -0.15) is 5.10 Å². The molecule has 188 valence electrons. The Hall–Kier alpha value is -3.59. The number of benzene rings is 2. The number of nitrogens with one attached hydrogen (secondary N) is 1. The predicted molar refractivity (Wildman–Crippen MR) is 134 cm³/mol. The van der Waals surface area contributed by atoms with Crippen molar-refractivity contribution in [2.45, 2.75) is 25.8 Å². The number of carbonyl (C=O) groups is 2. The van der Waals surface area contributed by atoms with E-state index in [4.69, 9.17) is 19.3 Å². The minimum atomic E-state index is -0.372. The molecule has 0 aliphatic carbocycles. The van der Waals surface area contributed by atoms with E-state index in [0.717, 1.165) is 23.3 Å². The maximum absolute atomic E-state index is 13.6. The van der Waals surface area contributed by atoms with Crippen LogP contribution in [0.5, 0.6) is 11.5 Å². The van der Waals surface area contributed by atoms with E-state index in [0.29, 0.717) is 31.1 Å². The smallest absolute Gasteiger partial charge is 0.317 e. The summed E-state index contributed by atoms with van der Waals surface area (Å²) >= 11 is 0. The van der Waals surface area contributed by atoms with E-state index in [-0.39, 0.29) is 31.1 Å². The number of rotatable bonds is 11. The molecule has 0 spiro atoms. The Bertz CT molecular complexity index is 1040. The molecule has 0 bridgehead atoms. The Morgan fingerprint density at radius 1 is 1.11 bits per heavy atom. The van der Waals surface area contributed by atoms with Crippen LogP contribution < -0.4 is 14.8 Å². The van der Waals surface area contributed by atoms with E-state index in [1.54, 1.807) is 21.3 Å². The lowest BCUT2D eigenvalue weighted by Crippen LogP contribution is -2.47. The molecule has 1 aliphatic heterocycles. The number of ether oxygens (including phenoxy) is 3. The third-order valence-electron chi connectivity index (χ3n) is 5.77. The van der Waals surface area contributed by atoms with Crippen LogP contribution in [0.2, 0.25) is 0 Å². The van der Waals surface area contributed by atoms with Crippen LogP contribution in [0.4, 0.5) is 4.79 Å². The first-order chi connectivity index (χ1) is 17.0. The van der Waals surface area contributed by atoms with E-state index in [2.05, 4.69) is 5.32 Å². The van der Waals surface area contributed by atoms with Gasteiger partial charge in [-0.05, 0) is 24.6 Å². The molecule has 9 heteroatoms. The molecular formula is C26H34N4O5. The van der Waals surface area contributed by atoms with Crippen LogP contribution >= 0.6 is 0 Å². The zero-order valence-corrected chi connectivity index (χ0v) is 20.8. The van der Waals surface area contributed by atoms with Crippen LogP contribution in [-0.4, -0.2) is 75.1 Å². The zero-order chi connectivity index (χ0) is 25.2. The topological polar surface area (TPSA) is 92.7 Å². The SMILES string of the molecule is CCCNC(=O)N(CCOC)CC(=O)N1N=C(c2cccc(OC)c2)CC1c1ccccc1OC. The highest BCUT2D eigenvalue weighted by atomic mass is 16.5. The van der Waals surface area contributed by atoms with Crippen molar-refractivity contribution in [2.75, 3.05) is 47.6 Å². The molecule has 0 fully saturated rings. The second-order valence-corrected chi connectivity index (χ2v) is 8.13. The third-order valence-corrected chi connectivity index (χ3v) is 5.77. The van der Waals surface area contributed by atoms with Gasteiger partial charge in [-0.15, -0.1) is 0 Å². The molecule has 1 atom stereocenters. The molecule has 35 heavy (non-hydrogen) atoms. The molecule has 3 rings (SSSR count). The average Bonchev–Trinajstić information content (AvgIpc) is 3.35. The summed E-state index contributed by atoms with van der Waals surface area (Å²) in [5, 5.41) is 9.03. The zero-order valence-electron chi connectivity index (χ0n) is 20.8. The Labute approximate surface area is 206 Å². The van der Waals surface area contributed by atoms with Gasteiger partial charge in [0.15, 0.2) is 0 Å². The average molecular weight is 483 g/mol. The summed E-state index contributed by atoms with van der Waals surface area (Å²) in [5.74, 6) is 1.10. The molecule has 0 aromatic heterocycles. The van der Waals surface area contributed by atoms with Gasteiger partial charge in [0.1, 0.15) is 18.0 Å². The summed E-state index contributed by atoms with van der Waals surface area (Å²) in [7, 11) is 4.78. The van der Waals surface area contributed by atoms with E-state index >= 15 is 0 Å². The fourth-order valence-electron chi connectivity index (χ4n) is 3.93. The molecule has 3 amide bonds. The molecule has 1 N–H and O–H groups in total. The maximum atomic E-state index is 13.6. The van der Waals surface area contributed by atoms with Crippen molar-refractivity contribution in [3.05, 3.63) is 59.7 Å². The van der Waals surface area contributed by atoms with Gasteiger partial charge >= 0.3 is 6.03 Å². The summed E-state index contributed by atoms with van der Waals surface area (Å²) in [6.07, 6.45) is 1.30. The number of amides is 3. The maximum Gasteiger partial charge on any atom is 0.317 e. The second kappa shape index (κ2) is 12.8.